The molecule has 2 aliphatic rings. The molecule has 1 atom stereocenters. The zero-order valence-electron chi connectivity index (χ0n) is 14.4. The largest absolute Gasteiger partial charge is 0.338 e. The number of likely N-dealkylation sites (tertiary alicyclic amines) is 1. The van der Waals surface area contributed by atoms with E-state index in [2.05, 4.69) is 0 Å². The predicted octanol–water partition coefficient (Wildman–Crippen LogP) is -0.274. The van der Waals surface area contributed by atoms with Gasteiger partial charge in [0.1, 0.15) is 10.7 Å². The van der Waals surface area contributed by atoms with Crippen LogP contribution in [0, 0.1) is 5.82 Å². The number of piperazine rings is 1. The maximum Gasteiger partial charge on any atom is 0.280 e. The fraction of sp³-hybridized carbons (Fsp3) is 0.588. The lowest BCUT2D eigenvalue weighted by atomic mass is 10.2. The molecule has 2 heterocycles. The van der Waals surface area contributed by atoms with Crippen LogP contribution in [0.3, 0.4) is 0 Å². The Bertz CT molecular complexity index is 726. The van der Waals surface area contributed by atoms with Crippen molar-refractivity contribution in [3.05, 3.63) is 30.1 Å². The van der Waals surface area contributed by atoms with Crippen molar-refractivity contribution in [2.45, 2.75) is 30.7 Å². The topological polar surface area (TPSA) is 62.1 Å². The van der Waals surface area contributed by atoms with Gasteiger partial charge < -0.3 is 9.80 Å². The summed E-state index contributed by atoms with van der Waals surface area (Å²) in [5.41, 5.74) is 0. The normalized spacial score (nSPS) is 21.4. The number of hydrogen-bond donors (Lipinski definition) is 1. The molecule has 0 spiro atoms. The van der Waals surface area contributed by atoms with Crippen LogP contribution in [-0.4, -0.2) is 68.8 Å². The number of sulfonamides is 1. The first-order chi connectivity index (χ1) is 11.9. The van der Waals surface area contributed by atoms with Gasteiger partial charge in [-0.15, -0.1) is 0 Å². The molecule has 0 radical (unpaired) electrons. The van der Waals surface area contributed by atoms with Gasteiger partial charge in [0.05, 0.1) is 26.2 Å². The minimum absolute atomic E-state index is 0.151. The molecule has 1 aromatic carbocycles. The van der Waals surface area contributed by atoms with E-state index in [1.54, 1.807) is 0 Å². The fourth-order valence-electron chi connectivity index (χ4n) is 3.63. The first-order valence-corrected chi connectivity index (χ1v) is 10.2. The highest BCUT2D eigenvalue weighted by Crippen LogP contribution is 2.18. The molecule has 8 heteroatoms. The molecule has 0 aliphatic carbocycles. The molecule has 0 saturated carbocycles. The summed E-state index contributed by atoms with van der Waals surface area (Å²) in [5, 5.41) is 0. The summed E-state index contributed by atoms with van der Waals surface area (Å²) in [4.78, 5) is 15.2. The van der Waals surface area contributed by atoms with Gasteiger partial charge in [-0.1, -0.05) is 12.1 Å². The van der Waals surface area contributed by atoms with E-state index in [1.165, 1.54) is 22.5 Å². The Morgan fingerprint density at radius 3 is 2.32 bits per heavy atom. The van der Waals surface area contributed by atoms with E-state index in [9.17, 15) is 17.6 Å². The van der Waals surface area contributed by atoms with Crippen LogP contribution >= 0.6 is 0 Å². The second-order valence-electron chi connectivity index (χ2n) is 6.75. The van der Waals surface area contributed by atoms with Gasteiger partial charge in [-0.05, 0) is 31.9 Å². The van der Waals surface area contributed by atoms with Crippen molar-refractivity contribution < 1.29 is 22.5 Å². The van der Waals surface area contributed by atoms with Crippen LogP contribution in [0.15, 0.2) is 29.2 Å². The SMILES string of the molecule is C[C@H](C(=O)N1CCCC1)[NH+]1CCN(S(=O)(=O)c2ccccc2F)CC1. The number of rotatable bonds is 4. The molecule has 3 rings (SSSR count). The van der Waals surface area contributed by atoms with Crippen molar-refractivity contribution in [1.29, 1.82) is 0 Å². The Balaban J connectivity index is 1.63. The van der Waals surface area contributed by atoms with Crippen molar-refractivity contribution in [2.75, 3.05) is 39.3 Å². The van der Waals surface area contributed by atoms with Gasteiger partial charge in [0, 0.05) is 13.1 Å². The Kier molecular flexibility index (Phi) is 5.41. The highest BCUT2D eigenvalue weighted by atomic mass is 32.2. The first-order valence-electron chi connectivity index (χ1n) is 8.79. The van der Waals surface area contributed by atoms with E-state index >= 15 is 0 Å². The lowest BCUT2D eigenvalue weighted by Crippen LogP contribution is -3.19. The van der Waals surface area contributed by atoms with E-state index in [0.29, 0.717) is 26.2 Å². The first kappa shape index (κ1) is 18.3. The maximum absolute atomic E-state index is 13.9. The van der Waals surface area contributed by atoms with E-state index in [4.69, 9.17) is 0 Å². The molecule has 1 N–H and O–H groups in total. The fourth-order valence-corrected chi connectivity index (χ4v) is 5.13. The highest BCUT2D eigenvalue weighted by Gasteiger charge is 2.37. The average Bonchev–Trinajstić information content (AvgIpc) is 3.15. The zero-order valence-corrected chi connectivity index (χ0v) is 15.3. The van der Waals surface area contributed by atoms with Gasteiger partial charge in [0.2, 0.25) is 10.0 Å². The van der Waals surface area contributed by atoms with Gasteiger partial charge in [-0.2, -0.15) is 4.31 Å². The second kappa shape index (κ2) is 7.39. The number of nitrogens with zero attached hydrogens (tertiary/aromatic N) is 2. The van der Waals surface area contributed by atoms with Crippen LogP contribution in [0.25, 0.3) is 0 Å². The molecule has 6 nitrogen and oxygen atoms in total. The van der Waals surface area contributed by atoms with Crippen LogP contribution in [0.1, 0.15) is 19.8 Å². The molecule has 0 aromatic heterocycles. The predicted molar refractivity (Wildman–Crippen MR) is 91.1 cm³/mol. The summed E-state index contributed by atoms with van der Waals surface area (Å²) in [5.74, 6) is -0.576. The third-order valence-corrected chi connectivity index (χ3v) is 7.15. The summed E-state index contributed by atoms with van der Waals surface area (Å²) in [6.45, 7) is 5.25. The van der Waals surface area contributed by atoms with Crippen molar-refractivity contribution in [3.8, 4) is 0 Å². The zero-order chi connectivity index (χ0) is 18.0. The minimum atomic E-state index is -3.83. The lowest BCUT2D eigenvalue weighted by molar-refractivity contribution is -0.918. The third kappa shape index (κ3) is 3.70. The average molecular weight is 370 g/mol. The van der Waals surface area contributed by atoms with Crippen LogP contribution < -0.4 is 4.90 Å². The molecular weight excluding hydrogens is 345 g/mol. The molecule has 0 unspecified atom stereocenters. The van der Waals surface area contributed by atoms with Crippen LogP contribution in [0.2, 0.25) is 0 Å². The van der Waals surface area contributed by atoms with E-state index < -0.39 is 15.8 Å². The molecule has 25 heavy (non-hydrogen) atoms. The number of halogens is 1. The maximum atomic E-state index is 13.9. The number of hydrogen-bond acceptors (Lipinski definition) is 3. The number of amides is 1. The quantitative estimate of drug-likeness (QED) is 0.794. The van der Waals surface area contributed by atoms with Crippen molar-refractivity contribution >= 4 is 15.9 Å². The molecule has 1 amide bonds. The van der Waals surface area contributed by atoms with Crippen molar-refractivity contribution in [1.82, 2.24) is 9.21 Å². The van der Waals surface area contributed by atoms with Crippen LogP contribution in [-0.2, 0) is 14.8 Å². The summed E-state index contributed by atoms with van der Waals surface area (Å²) in [6.07, 6.45) is 2.12. The molecule has 0 bridgehead atoms. The third-order valence-electron chi connectivity index (χ3n) is 5.22. The van der Waals surface area contributed by atoms with Crippen LogP contribution in [0.4, 0.5) is 4.39 Å². The smallest absolute Gasteiger partial charge is 0.280 e. The summed E-state index contributed by atoms with van der Waals surface area (Å²) in [7, 11) is -3.83. The Labute approximate surface area is 148 Å². The van der Waals surface area contributed by atoms with E-state index in [1.807, 2.05) is 11.8 Å². The summed E-state index contributed by atoms with van der Waals surface area (Å²) in [6, 6.07) is 5.28. The molecule has 138 valence electrons. The Morgan fingerprint density at radius 1 is 1.12 bits per heavy atom. The highest BCUT2D eigenvalue weighted by molar-refractivity contribution is 7.89. The Morgan fingerprint density at radius 2 is 1.72 bits per heavy atom. The van der Waals surface area contributed by atoms with Gasteiger partial charge in [-0.25, -0.2) is 12.8 Å². The van der Waals surface area contributed by atoms with Gasteiger partial charge in [0.25, 0.3) is 5.91 Å². The molecule has 1 aromatic rings. The lowest BCUT2D eigenvalue weighted by Gasteiger charge is -2.35. The van der Waals surface area contributed by atoms with Gasteiger partial charge in [0.15, 0.2) is 6.04 Å². The van der Waals surface area contributed by atoms with E-state index in [0.717, 1.165) is 36.9 Å². The number of carbonyl (C=O) groups is 1. The van der Waals surface area contributed by atoms with Crippen molar-refractivity contribution in [3.63, 3.8) is 0 Å². The van der Waals surface area contributed by atoms with Crippen molar-refractivity contribution in [2.24, 2.45) is 0 Å². The molecular formula is C17H25FN3O3S+. The Hall–Kier alpha value is -1.51. The monoisotopic (exact) mass is 370 g/mol. The second-order valence-corrected chi connectivity index (χ2v) is 8.65. The number of benzene rings is 1. The van der Waals surface area contributed by atoms with Crippen LogP contribution in [0.5, 0.6) is 0 Å². The molecule has 2 aliphatic heterocycles. The van der Waals surface area contributed by atoms with E-state index in [-0.39, 0.29) is 16.8 Å². The number of quaternary nitrogens is 1. The molecule has 2 saturated heterocycles. The summed E-state index contributed by atoms with van der Waals surface area (Å²) >= 11 is 0. The number of nitrogens with one attached hydrogen (secondary N) is 1. The number of carbonyl (C=O) groups excluding carboxylic acids is 1. The summed E-state index contributed by atoms with van der Waals surface area (Å²) < 4.78 is 40.4. The minimum Gasteiger partial charge on any atom is -0.338 e. The van der Waals surface area contributed by atoms with Gasteiger partial charge >= 0.3 is 0 Å². The molecule has 2 fully saturated rings. The van der Waals surface area contributed by atoms with Gasteiger partial charge in [-0.3, -0.25) is 4.79 Å². The standard InChI is InChI=1S/C17H24FN3O3S/c1-14(17(22)20-8-4-5-9-20)19-10-12-21(13-11-19)25(23,24)16-7-3-2-6-15(16)18/h2-3,6-7,14H,4-5,8-13H2,1H3/p+1/t14-/m1/s1.